The maximum atomic E-state index is 8.52. The van der Waals surface area contributed by atoms with Crippen LogP contribution in [-0.4, -0.2) is 17.3 Å². The zero-order chi connectivity index (χ0) is 5.91. The molecule has 0 amide bonds. The fourth-order valence-corrected chi connectivity index (χ4v) is 0.137. The first-order valence-electron chi connectivity index (χ1n) is 2.21. The third kappa shape index (κ3) is 2.98. The van der Waals surface area contributed by atoms with E-state index in [1.807, 2.05) is 13.8 Å². The van der Waals surface area contributed by atoms with E-state index in [2.05, 4.69) is 14.5 Å². The van der Waals surface area contributed by atoms with Crippen molar-refractivity contribution in [3.05, 3.63) is 0 Å². The van der Waals surface area contributed by atoms with Crippen LogP contribution >= 0.6 is 9.39 Å². The molecule has 0 radical (unpaired) electrons. The molecule has 0 aliphatic carbocycles. The molecule has 0 rings (SSSR count). The molecule has 0 bridgehead atoms. The van der Waals surface area contributed by atoms with Crippen LogP contribution in [0.5, 0.6) is 0 Å². The van der Waals surface area contributed by atoms with Crippen LogP contribution in [0.25, 0.3) is 0 Å². The molecular formula is C4H12NOP. The van der Waals surface area contributed by atoms with E-state index in [9.17, 15) is 0 Å². The first-order chi connectivity index (χ1) is 3.12. The highest BCUT2D eigenvalue weighted by Crippen LogP contribution is 2.00. The Morgan fingerprint density at radius 1 is 1.71 bits per heavy atom. The predicted octanol–water partition coefficient (Wildman–Crippen LogP) is 0.137. The Morgan fingerprint density at radius 2 is 2.14 bits per heavy atom. The summed E-state index contributed by atoms with van der Waals surface area (Å²) in [5.41, 5.74) is -0.148. The summed E-state index contributed by atoms with van der Waals surface area (Å²) in [5, 5.41) is 11.4. The van der Waals surface area contributed by atoms with Gasteiger partial charge in [0.05, 0.1) is 6.61 Å². The lowest BCUT2D eigenvalue weighted by atomic mass is 10.1. The second-order valence-electron chi connectivity index (χ2n) is 2.19. The lowest BCUT2D eigenvalue weighted by molar-refractivity contribution is 0.211. The molecule has 0 saturated heterocycles. The highest BCUT2D eigenvalue weighted by molar-refractivity contribution is 7.13. The molecular weight excluding hydrogens is 109 g/mol. The average molecular weight is 121 g/mol. The molecule has 1 unspecified atom stereocenters. The van der Waals surface area contributed by atoms with Gasteiger partial charge in [-0.05, 0) is 13.8 Å². The Hall–Kier alpha value is 0.350. The third-order valence-corrected chi connectivity index (χ3v) is 1.57. The zero-order valence-electron chi connectivity index (χ0n) is 4.73. The number of nitrogens with one attached hydrogen (secondary N) is 1. The molecule has 0 heterocycles. The molecule has 0 aromatic carbocycles. The van der Waals surface area contributed by atoms with E-state index in [-0.39, 0.29) is 12.1 Å². The van der Waals surface area contributed by atoms with Gasteiger partial charge in [0.25, 0.3) is 0 Å². The minimum atomic E-state index is -0.148. The minimum Gasteiger partial charge on any atom is -0.394 e. The topological polar surface area (TPSA) is 32.3 Å². The van der Waals surface area contributed by atoms with Gasteiger partial charge < -0.3 is 5.11 Å². The van der Waals surface area contributed by atoms with Crippen molar-refractivity contribution in [3.63, 3.8) is 0 Å². The standard InChI is InChI=1S/C4H12NOP/c1-4(2,3-6)5-7/h5-6H,3,7H2,1-2H3. The molecule has 0 aliphatic heterocycles. The largest absolute Gasteiger partial charge is 0.394 e. The van der Waals surface area contributed by atoms with Crippen LogP contribution in [-0.2, 0) is 0 Å². The molecule has 2 nitrogen and oxygen atoms in total. The summed E-state index contributed by atoms with van der Waals surface area (Å²) in [6.45, 7) is 4.00. The first kappa shape index (κ1) is 7.35. The Kier molecular flexibility index (Phi) is 2.74. The molecule has 0 fully saturated rings. The summed E-state index contributed by atoms with van der Waals surface area (Å²) >= 11 is 0. The van der Waals surface area contributed by atoms with Crippen LogP contribution in [0.3, 0.4) is 0 Å². The van der Waals surface area contributed by atoms with Crippen LogP contribution in [0.2, 0.25) is 0 Å². The van der Waals surface area contributed by atoms with E-state index in [1.54, 1.807) is 0 Å². The smallest absolute Gasteiger partial charge is 0.0610 e. The van der Waals surface area contributed by atoms with E-state index < -0.39 is 0 Å². The molecule has 44 valence electrons. The van der Waals surface area contributed by atoms with E-state index in [1.165, 1.54) is 0 Å². The van der Waals surface area contributed by atoms with E-state index >= 15 is 0 Å². The van der Waals surface area contributed by atoms with Crippen LogP contribution in [0.4, 0.5) is 0 Å². The van der Waals surface area contributed by atoms with Gasteiger partial charge >= 0.3 is 0 Å². The Bertz CT molecular complexity index is 49.7. The third-order valence-electron chi connectivity index (χ3n) is 0.786. The van der Waals surface area contributed by atoms with Crippen molar-refractivity contribution in [1.82, 2.24) is 5.09 Å². The van der Waals surface area contributed by atoms with Crippen LogP contribution < -0.4 is 5.09 Å². The number of hydrogen-bond acceptors (Lipinski definition) is 2. The average Bonchev–Trinajstić information content (AvgIpc) is 1.68. The van der Waals surface area contributed by atoms with Gasteiger partial charge in [-0.1, -0.05) is 9.39 Å². The number of aliphatic hydroxyl groups is 1. The van der Waals surface area contributed by atoms with Crippen molar-refractivity contribution in [2.24, 2.45) is 0 Å². The van der Waals surface area contributed by atoms with Crippen molar-refractivity contribution in [2.75, 3.05) is 6.61 Å². The Morgan fingerprint density at radius 3 is 2.14 bits per heavy atom. The molecule has 7 heavy (non-hydrogen) atoms. The molecule has 3 heteroatoms. The van der Waals surface area contributed by atoms with E-state index in [4.69, 9.17) is 5.11 Å². The first-order valence-corrected chi connectivity index (χ1v) is 2.79. The lowest BCUT2D eigenvalue weighted by Gasteiger charge is -2.19. The summed E-state index contributed by atoms with van der Waals surface area (Å²) in [6.07, 6.45) is 0. The second kappa shape index (κ2) is 2.61. The van der Waals surface area contributed by atoms with Crippen LogP contribution in [0.1, 0.15) is 13.8 Å². The SMILES string of the molecule is CC(C)(CO)NP. The zero-order valence-corrected chi connectivity index (χ0v) is 5.89. The van der Waals surface area contributed by atoms with Crippen molar-refractivity contribution in [2.45, 2.75) is 19.4 Å². The van der Waals surface area contributed by atoms with Gasteiger partial charge in [-0.15, -0.1) is 0 Å². The Labute approximate surface area is 46.6 Å². The molecule has 0 aliphatic rings. The van der Waals surface area contributed by atoms with Crippen LogP contribution in [0.15, 0.2) is 0 Å². The van der Waals surface area contributed by atoms with Gasteiger partial charge in [0.2, 0.25) is 0 Å². The minimum absolute atomic E-state index is 0.148. The van der Waals surface area contributed by atoms with E-state index in [0.717, 1.165) is 0 Å². The summed E-state index contributed by atoms with van der Waals surface area (Å²) in [6, 6.07) is 0. The summed E-state index contributed by atoms with van der Waals surface area (Å²) in [7, 11) is 2.36. The monoisotopic (exact) mass is 121 g/mol. The lowest BCUT2D eigenvalue weighted by Crippen LogP contribution is -2.35. The highest BCUT2D eigenvalue weighted by atomic mass is 31.0. The van der Waals surface area contributed by atoms with Crippen molar-refractivity contribution in [3.8, 4) is 0 Å². The highest BCUT2D eigenvalue weighted by Gasteiger charge is 2.10. The van der Waals surface area contributed by atoms with Gasteiger partial charge in [-0.25, -0.2) is 0 Å². The van der Waals surface area contributed by atoms with E-state index in [0.29, 0.717) is 0 Å². The Balaban J connectivity index is 3.36. The van der Waals surface area contributed by atoms with Gasteiger partial charge in [-0.2, -0.15) is 0 Å². The van der Waals surface area contributed by atoms with Crippen molar-refractivity contribution >= 4 is 9.39 Å². The van der Waals surface area contributed by atoms with Gasteiger partial charge in [0, 0.05) is 5.54 Å². The predicted molar refractivity (Wildman–Crippen MR) is 34.0 cm³/mol. The molecule has 1 atom stereocenters. The maximum Gasteiger partial charge on any atom is 0.0610 e. The van der Waals surface area contributed by atoms with Crippen molar-refractivity contribution < 1.29 is 5.11 Å². The summed E-state index contributed by atoms with van der Waals surface area (Å²) in [4.78, 5) is 0. The number of rotatable bonds is 2. The number of hydrogen-bond donors (Lipinski definition) is 2. The van der Waals surface area contributed by atoms with Gasteiger partial charge in [0.15, 0.2) is 0 Å². The summed E-state index contributed by atoms with van der Waals surface area (Å²) < 4.78 is 0. The molecule has 2 N–H and O–H groups in total. The normalized spacial score (nSPS) is 12.0. The summed E-state index contributed by atoms with van der Waals surface area (Å²) in [5.74, 6) is 0. The fourth-order valence-electron chi connectivity index (χ4n) is 0.0456. The quantitative estimate of drug-likeness (QED) is 0.509. The van der Waals surface area contributed by atoms with Gasteiger partial charge in [-0.3, -0.25) is 5.09 Å². The second-order valence-corrected chi connectivity index (χ2v) is 2.48. The molecule has 0 saturated carbocycles. The van der Waals surface area contributed by atoms with Crippen molar-refractivity contribution in [1.29, 1.82) is 0 Å². The molecule has 0 aromatic heterocycles. The van der Waals surface area contributed by atoms with Gasteiger partial charge in [0.1, 0.15) is 0 Å². The maximum absolute atomic E-state index is 8.52. The van der Waals surface area contributed by atoms with Crippen LogP contribution in [0, 0.1) is 0 Å². The molecule has 0 aromatic rings. The number of aliphatic hydroxyl groups excluding tert-OH is 1. The molecule has 0 spiro atoms. The fraction of sp³-hybridized carbons (Fsp3) is 1.00.